The summed E-state index contributed by atoms with van der Waals surface area (Å²) >= 11 is 0. The molecule has 0 bridgehead atoms. The molecule has 3 N–H and O–H groups in total. The second-order valence-electron chi connectivity index (χ2n) is 4.08. The van der Waals surface area contributed by atoms with Crippen molar-refractivity contribution in [3.05, 3.63) is 36.2 Å². The van der Waals surface area contributed by atoms with Gasteiger partial charge >= 0.3 is 5.97 Å². The Morgan fingerprint density at radius 2 is 2.12 bits per heavy atom. The van der Waals surface area contributed by atoms with E-state index in [0.29, 0.717) is 11.1 Å². The Hall–Kier alpha value is -1.88. The van der Waals surface area contributed by atoms with Crippen LogP contribution in [0.15, 0.2) is 25.0 Å². The number of aliphatic hydroxyl groups excluding tert-OH is 1. The number of hydrogen-bond acceptors (Lipinski definition) is 4. The maximum Gasteiger partial charge on any atom is 0.336 e. The number of carboxylic acids is 1. The monoisotopic (exact) mass is 237 g/mol. The SMILES string of the molecule is C=C(O)c1cnccc1C(C)C(C)(O)C(=O)O. The standard InChI is InChI=1S/C12H15NO4/c1-7(12(3,17)11(15)16)9-4-5-13-6-10(9)8(2)14/h4-7,14,17H,2H2,1,3H3,(H,15,16). The number of carbonyl (C=O) groups is 1. The molecule has 1 aromatic rings. The number of aliphatic hydroxyl groups is 2. The Morgan fingerprint density at radius 1 is 1.53 bits per heavy atom. The predicted molar refractivity (Wildman–Crippen MR) is 62.6 cm³/mol. The van der Waals surface area contributed by atoms with Crippen molar-refractivity contribution in [2.45, 2.75) is 25.4 Å². The van der Waals surface area contributed by atoms with Crippen LogP contribution in [0.2, 0.25) is 0 Å². The Morgan fingerprint density at radius 3 is 2.59 bits per heavy atom. The molecule has 0 saturated carbocycles. The molecule has 0 radical (unpaired) electrons. The molecule has 17 heavy (non-hydrogen) atoms. The lowest BCUT2D eigenvalue weighted by atomic mass is 9.83. The van der Waals surface area contributed by atoms with Gasteiger partial charge in [0.25, 0.3) is 0 Å². The van der Waals surface area contributed by atoms with Crippen LogP contribution in [0.25, 0.3) is 5.76 Å². The van der Waals surface area contributed by atoms with Gasteiger partial charge in [-0.1, -0.05) is 13.5 Å². The van der Waals surface area contributed by atoms with E-state index in [9.17, 15) is 15.0 Å². The first kappa shape index (κ1) is 13.2. The summed E-state index contributed by atoms with van der Waals surface area (Å²) in [7, 11) is 0. The quantitative estimate of drug-likeness (QED) is 0.691. The van der Waals surface area contributed by atoms with Crippen molar-refractivity contribution < 1.29 is 20.1 Å². The Bertz CT molecular complexity index is 454. The summed E-state index contributed by atoms with van der Waals surface area (Å²) in [6.45, 7) is 6.16. The molecule has 0 amide bonds. The van der Waals surface area contributed by atoms with E-state index in [-0.39, 0.29) is 5.76 Å². The maximum atomic E-state index is 11.0. The van der Waals surface area contributed by atoms with E-state index in [1.807, 2.05) is 0 Å². The third kappa shape index (κ3) is 2.45. The summed E-state index contributed by atoms with van der Waals surface area (Å²) in [4.78, 5) is 14.8. The smallest absolute Gasteiger partial charge is 0.336 e. The van der Waals surface area contributed by atoms with Crippen LogP contribution in [0.3, 0.4) is 0 Å². The topological polar surface area (TPSA) is 90.7 Å². The molecule has 2 unspecified atom stereocenters. The lowest BCUT2D eigenvalue weighted by Crippen LogP contribution is -2.40. The fourth-order valence-corrected chi connectivity index (χ4v) is 1.51. The van der Waals surface area contributed by atoms with Crippen molar-refractivity contribution in [2.24, 2.45) is 0 Å². The number of pyridine rings is 1. The van der Waals surface area contributed by atoms with Crippen LogP contribution in [0.4, 0.5) is 0 Å². The van der Waals surface area contributed by atoms with Crippen molar-refractivity contribution in [2.75, 3.05) is 0 Å². The highest BCUT2D eigenvalue weighted by Crippen LogP contribution is 2.31. The van der Waals surface area contributed by atoms with Crippen molar-refractivity contribution in [3.8, 4) is 0 Å². The van der Waals surface area contributed by atoms with Crippen molar-refractivity contribution >= 4 is 11.7 Å². The molecule has 0 aliphatic rings. The fourth-order valence-electron chi connectivity index (χ4n) is 1.51. The highest BCUT2D eigenvalue weighted by Gasteiger charge is 2.38. The summed E-state index contributed by atoms with van der Waals surface area (Å²) in [5.74, 6) is -2.24. The lowest BCUT2D eigenvalue weighted by molar-refractivity contribution is -0.158. The van der Waals surface area contributed by atoms with Crippen LogP contribution in [0, 0.1) is 0 Å². The molecular weight excluding hydrogens is 222 g/mol. The zero-order valence-electron chi connectivity index (χ0n) is 9.71. The fraction of sp³-hybridized carbons (Fsp3) is 0.333. The highest BCUT2D eigenvalue weighted by atomic mass is 16.4. The van der Waals surface area contributed by atoms with Gasteiger partial charge < -0.3 is 15.3 Å². The van der Waals surface area contributed by atoms with Gasteiger partial charge in [0, 0.05) is 23.9 Å². The zero-order valence-corrected chi connectivity index (χ0v) is 9.71. The average molecular weight is 237 g/mol. The average Bonchev–Trinajstić information content (AvgIpc) is 2.27. The molecule has 0 fully saturated rings. The number of aliphatic carboxylic acids is 1. The van der Waals surface area contributed by atoms with Gasteiger partial charge in [0.05, 0.1) is 0 Å². The van der Waals surface area contributed by atoms with Crippen LogP contribution in [-0.2, 0) is 4.79 Å². The summed E-state index contributed by atoms with van der Waals surface area (Å²) in [5, 5.41) is 28.2. The number of hydrogen-bond donors (Lipinski definition) is 3. The van der Waals surface area contributed by atoms with Crippen LogP contribution in [0.1, 0.15) is 30.9 Å². The van der Waals surface area contributed by atoms with Gasteiger partial charge in [-0.15, -0.1) is 0 Å². The molecule has 92 valence electrons. The number of aromatic nitrogens is 1. The molecule has 2 atom stereocenters. The number of rotatable bonds is 4. The third-order valence-electron chi connectivity index (χ3n) is 2.91. The lowest BCUT2D eigenvalue weighted by Gasteiger charge is -2.27. The minimum Gasteiger partial charge on any atom is -0.508 e. The van der Waals surface area contributed by atoms with E-state index >= 15 is 0 Å². The van der Waals surface area contributed by atoms with Crippen LogP contribution >= 0.6 is 0 Å². The molecule has 5 heteroatoms. The maximum absolute atomic E-state index is 11.0. The largest absolute Gasteiger partial charge is 0.508 e. The molecule has 1 heterocycles. The van der Waals surface area contributed by atoms with Gasteiger partial charge in [-0.05, 0) is 18.6 Å². The highest BCUT2D eigenvalue weighted by molar-refractivity contribution is 5.78. The van der Waals surface area contributed by atoms with E-state index in [4.69, 9.17) is 5.11 Å². The van der Waals surface area contributed by atoms with Crippen molar-refractivity contribution in [1.29, 1.82) is 0 Å². The second-order valence-corrected chi connectivity index (χ2v) is 4.08. The van der Waals surface area contributed by atoms with E-state index in [1.165, 1.54) is 19.3 Å². The second kappa shape index (κ2) is 4.55. The van der Waals surface area contributed by atoms with Gasteiger partial charge in [0.15, 0.2) is 5.60 Å². The molecular formula is C12H15NO4. The molecule has 5 nitrogen and oxygen atoms in total. The molecule has 1 rings (SSSR count). The van der Waals surface area contributed by atoms with E-state index in [1.54, 1.807) is 13.0 Å². The van der Waals surface area contributed by atoms with Gasteiger partial charge in [0.2, 0.25) is 0 Å². The molecule has 0 aromatic carbocycles. The van der Waals surface area contributed by atoms with Gasteiger partial charge in [-0.25, -0.2) is 4.79 Å². The molecule has 0 spiro atoms. The van der Waals surface area contributed by atoms with Crippen LogP contribution in [0.5, 0.6) is 0 Å². The van der Waals surface area contributed by atoms with Crippen LogP contribution in [-0.4, -0.2) is 31.9 Å². The Balaban J connectivity index is 3.26. The minimum absolute atomic E-state index is 0.207. The number of carboxylic acid groups (broad SMARTS) is 1. The summed E-state index contributed by atoms with van der Waals surface area (Å²) in [5.41, 5.74) is -1.10. The predicted octanol–water partition coefficient (Wildman–Crippen LogP) is 1.55. The van der Waals surface area contributed by atoms with Crippen molar-refractivity contribution in [1.82, 2.24) is 4.98 Å². The normalized spacial score (nSPS) is 15.9. The van der Waals surface area contributed by atoms with E-state index < -0.39 is 17.5 Å². The number of nitrogens with zero attached hydrogens (tertiary/aromatic N) is 1. The molecule has 0 aliphatic carbocycles. The van der Waals surface area contributed by atoms with Gasteiger partial charge in [-0.3, -0.25) is 4.98 Å². The van der Waals surface area contributed by atoms with Gasteiger partial charge in [0.1, 0.15) is 5.76 Å². The van der Waals surface area contributed by atoms with Gasteiger partial charge in [-0.2, -0.15) is 0 Å². The molecule has 0 saturated heterocycles. The third-order valence-corrected chi connectivity index (χ3v) is 2.91. The van der Waals surface area contributed by atoms with Crippen molar-refractivity contribution in [3.63, 3.8) is 0 Å². The Labute approximate surface area is 99.1 Å². The summed E-state index contributed by atoms with van der Waals surface area (Å²) in [6, 6.07) is 1.55. The molecule has 0 aliphatic heterocycles. The summed E-state index contributed by atoms with van der Waals surface area (Å²) < 4.78 is 0. The Kier molecular flexibility index (Phi) is 3.53. The first-order chi connectivity index (χ1) is 7.78. The van der Waals surface area contributed by atoms with Crippen LogP contribution < -0.4 is 0 Å². The minimum atomic E-state index is -1.93. The molecule has 1 aromatic heterocycles. The van der Waals surface area contributed by atoms with E-state index in [0.717, 1.165) is 0 Å². The van der Waals surface area contributed by atoms with E-state index in [2.05, 4.69) is 11.6 Å². The zero-order chi connectivity index (χ0) is 13.2. The first-order valence-corrected chi connectivity index (χ1v) is 5.06. The first-order valence-electron chi connectivity index (χ1n) is 5.06. The summed E-state index contributed by atoms with van der Waals surface area (Å²) in [6.07, 6.45) is 2.85.